The summed E-state index contributed by atoms with van der Waals surface area (Å²) in [5, 5.41) is 2.89. The number of nitrogens with zero attached hydrogens (tertiary/aromatic N) is 2. The van der Waals surface area contributed by atoms with Crippen LogP contribution >= 0.6 is 0 Å². The van der Waals surface area contributed by atoms with Crippen molar-refractivity contribution < 1.29 is 27.1 Å². The summed E-state index contributed by atoms with van der Waals surface area (Å²) in [6.45, 7) is 3.74. The molecule has 1 N–H and O–H groups in total. The molecule has 10 heteroatoms. The summed E-state index contributed by atoms with van der Waals surface area (Å²) in [4.78, 5) is 28.6. The second-order valence-electron chi connectivity index (χ2n) is 9.24. The fourth-order valence-electron chi connectivity index (χ4n) is 4.25. The third-order valence-electron chi connectivity index (χ3n) is 6.43. The number of ether oxygens (including phenoxy) is 1. The van der Waals surface area contributed by atoms with Gasteiger partial charge in [-0.2, -0.15) is 0 Å². The Hall–Kier alpha value is -3.92. The van der Waals surface area contributed by atoms with E-state index in [1.807, 2.05) is 13.0 Å². The minimum atomic E-state index is -4.21. The number of benzene rings is 3. The van der Waals surface area contributed by atoms with Crippen LogP contribution in [0.25, 0.3) is 0 Å². The highest BCUT2D eigenvalue weighted by molar-refractivity contribution is 7.92. The maximum absolute atomic E-state index is 14.0. The minimum Gasteiger partial charge on any atom is -0.497 e. The molecule has 0 saturated carbocycles. The molecule has 1 atom stereocenters. The van der Waals surface area contributed by atoms with E-state index in [1.54, 1.807) is 43.3 Å². The lowest BCUT2D eigenvalue weighted by Crippen LogP contribution is -2.52. The van der Waals surface area contributed by atoms with Gasteiger partial charge in [-0.3, -0.25) is 13.9 Å². The molecule has 40 heavy (non-hydrogen) atoms. The molecule has 0 radical (unpaired) electrons. The smallest absolute Gasteiger partial charge is 0.264 e. The number of halogens is 1. The lowest BCUT2D eigenvalue weighted by atomic mass is 10.1. The molecule has 0 unspecified atom stereocenters. The Morgan fingerprint density at radius 2 is 1.68 bits per heavy atom. The number of hydrogen-bond donors (Lipinski definition) is 1. The van der Waals surface area contributed by atoms with Crippen molar-refractivity contribution in [1.29, 1.82) is 0 Å². The van der Waals surface area contributed by atoms with E-state index in [0.29, 0.717) is 24.3 Å². The van der Waals surface area contributed by atoms with Crippen LogP contribution in [0.1, 0.15) is 38.7 Å². The first-order valence-corrected chi connectivity index (χ1v) is 14.7. The van der Waals surface area contributed by atoms with Gasteiger partial charge < -0.3 is 15.0 Å². The third-order valence-corrected chi connectivity index (χ3v) is 8.22. The van der Waals surface area contributed by atoms with Crippen molar-refractivity contribution in [2.24, 2.45) is 0 Å². The van der Waals surface area contributed by atoms with E-state index in [2.05, 4.69) is 5.32 Å². The van der Waals surface area contributed by atoms with Crippen LogP contribution < -0.4 is 14.4 Å². The van der Waals surface area contributed by atoms with Crippen molar-refractivity contribution in [1.82, 2.24) is 10.2 Å². The molecule has 3 aromatic rings. The lowest BCUT2D eigenvalue weighted by Gasteiger charge is -2.33. The SMILES string of the molecule is CCCCNC(=O)[C@H](CC)N(Cc1cccc(OC)c1)C(=O)CN(c1ccc(F)cc1)S(=O)(=O)c1ccccc1. The van der Waals surface area contributed by atoms with Gasteiger partial charge in [0.1, 0.15) is 24.2 Å². The highest BCUT2D eigenvalue weighted by Crippen LogP contribution is 2.25. The molecule has 0 fully saturated rings. The molecule has 0 aliphatic heterocycles. The molecule has 8 nitrogen and oxygen atoms in total. The predicted octanol–water partition coefficient (Wildman–Crippen LogP) is 4.75. The summed E-state index contributed by atoms with van der Waals surface area (Å²) in [5.41, 5.74) is 0.840. The van der Waals surface area contributed by atoms with Gasteiger partial charge in [0.2, 0.25) is 11.8 Å². The lowest BCUT2D eigenvalue weighted by molar-refractivity contribution is -0.140. The zero-order valence-corrected chi connectivity index (χ0v) is 23.9. The zero-order chi connectivity index (χ0) is 29.1. The number of nitrogens with one attached hydrogen (secondary N) is 1. The first kappa shape index (κ1) is 30.6. The van der Waals surface area contributed by atoms with Crippen molar-refractivity contribution >= 4 is 27.5 Å². The van der Waals surface area contributed by atoms with Gasteiger partial charge in [0.15, 0.2) is 0 Å². The van der Waals surface area contributed by atoms with Crippen molar-refractivity contribution in [3.8, 4) is 5.75 Å². The number of carbonyl (C=O) groups excluding carboxylic acids is 2. The quantitative estimate of drug-likeness (QED) is 0.283. The molecule has 0 heterocycles. The Bertz CT molecular complexity index is 1370. The van der Waals surface area contributed by atoms with Gasteiger partial charge in [0, 0.05) is 13.1 Å². The van der Waals surface area contributed by atoms with E-state index in [0.717, 1.165) is 29.3 Å². The number of sulfonamides is 1. The summed E-state index contributed by atoms with van der Waals surface area (Å²) in [6, 6.07) is 18.9. The van der Waals surface area contributed by atoms with Crippen LogP contribution in [-0.2, 0) is 26.2 Å². The number of hydrogen-bond acceptors (Lipinski definition) is 5. The van der Waals surface area contributed by atoms with Gasteiger partial charge in [-0.1, -0.05) is 50.6 Å². The third kappa shape index (κ3) is 7.81. The maximum atomic E-state index is 14.0. The van der Waals surface area contributed by atoms with Gasteiger partial charge in [0.25, 0.3) is 10.0 Å². The van der Waals surface area contributed by atoms with Gasteiger partial charge in [0.05, 0.1) is 17.7 Å². The van der Waals surface area contributed by atoms with E-state index >= 15 is 0 Å². The Balaban J connectivity index is 2.02. The van der Waals surface area contributed by atoms with Crippen molar-refractivity contribution in [3.63, 3.8) is 0 Å². The molecule has 0 aliphatic carbocycles. The van der Waals surface area contributed by atoms with Gasteiger partial charge >= 0.3 is 0 Å². The molecule has 0 saturated heterocycles. The van der Waals surface area contributed by atoms with Gasteiger partial charge in [-0.05, 0) is 66.9 Å². The molecule has 0 spiro atoms. The van der Waals surface area contributed by atoms with Crippen molar-refractivity contribution in [2.75, 3.05) is 24.5 Å². The molecule has 0 bridgehead atoms. The topological polar surface area (TPSA) is 96.0 Å². The molecule has 3 aromatic carbocycles. The first-order chi connectivity index (χ1) is 19.2. The molecule has 214 valence electrons. The monoisotopic (exact) mass is 569 g/mol. The molecular formula is C30H36FN3O5S. The predicted molar refractivity (Wildman–Crippen MR) is 153 cm³/mol. The largest absolute Gasteiger partial charge is 0.497 e. The standard InChI is InChI=1S/C30H36FN3O5S/c1-4-6-19-32-30(36)28(5-2)33(21-23-11-10-12-26(20-23)39-3)29(35)22-34(25-17-15-24(31)16-18-25)40(37,38)27-13-8-7-9-14-27/h7-18,20,28H,4-6,19,21-22H2,1-3H3,(H,32,36)/t28-/m0/s1. The minimum absolute atomic E-state index is 0.0178. The van der Waals surface area contributed by atoms with Crippen LogP contribution in [0.5, 0.6) is 5.75 Å². The number of amides is 2. The number of unbranched alkanes of at least 4 members (excludes halogenated alkanes) is 1. The Morgan fingerprint density at radius 1 is 0.975 bits per heavy atom. The van der Waals surface area contributed by atoms with E-state index < -0.39 is 34.3 Å². The highest BCUT2D eigenvalue weighted by Gasteiger charge is 2.33. The highest BCUT2D eigenvalue weighted by atomic mass is 32.2. The van der Waals surface area contributed by atoms with E-state index in [9.17, 15) is 22.4 Å². The van der Waals surface area contributed by atoms with E-state index in [4.69, 9.17) is 4.74 Å². The summed E-state index contributed by atoms with van der Waals surface area (Å²) in [7, 11) is -2.67. The molecule has 0 aliphatic rings. The van der Waals surface area contributed by atoms with Gasteiger partial charge in [-0.25, -0.2) is 12.8 Å². The van der Waals surface area contributed by atoms with Crippen LogP contribution in [-0.4, -0.2) is 51.4 Å². The van der Waals surface area contributed by atoms with E-state index in [-0.39, 0.29) is 23.0 Å². The second kappa shape index (κ2) is 14.5. The molecule has 0 aromatic heterocycles. The second-order valence-corrected chi connectivity index (χ2v) is 11.1. The summed E-state index contributed by atoms with van der Waals surface area (Å²) < 4.78 is 47.5. The molecular weight excluding hydrogens is 533 g/mol. The van der Waals surface area contributed by atoms with Crippen LogP contribution in [0, 0.1) is 5.82 Å². The number of methoxy groups -OCH3 is 1. The van der Waals surface area contributed by atoms with Crippen LogP contribution in [0.15, 0.2) is 83.8 Å². The Morgan fingerprint density at radius 3 is 2.30 bits per heavy atom. The number of carbonyl (C=O) groups is 2. The Labute approximate surface area is 235 Å². The number of anilines is 1. The van der Waals surface area contributed by atoms with Crippen LogP contribution in [0.3, 0.4) is 0 Å². The normalized spacial score (nSPS) is 11.9. The molecule has 2 amide bonds. The van der Waals surface area contributed by atoms with E-state index in [1.165, 1.54) is 36.3 Å². The van der Waals surface area contributed by atoms with Crippen LogP contribution in [0.2, 0.25) is 0 Å². The average Bonchev–Trinajstić information content (AvgIpc) is 2.97. The van der Waals surface area contributed by atoms with Crippen molar-refractivity contribution in [3.05, 3.63) is 90.2 Å². The number of rotatable bonds is 14. The summed E-state index contributed by atoms with van der Waals surface area (Å²) in [6.07, 6.45) is 2.00. The summed E-state index contributed by atoms with van der Waals surface area (Å²) in [5.74, 6) is -0.845. The maximum Gasteiger partial charge on any atom is 0.264 e. The zero-order valence-electron chi connectivity index (χ0n) is 23.0. The fraction of sp³-hybridized carbons (Fsp3) is 0.333. The fourth-order valence-corrected chi connectivity index (χ4v) is 5.68. The van der Waals surface area contributed by atoms with Crippen molar-refractivity contribution in [2.45, 2.75) is 50.6 Å². The van der Waals surface area contributed by atoms with Gasteiger partial charge in [-0.15, -0.1) is 0 Å². The first-order valence-electron chi connectivity index (χ1n) is 13.2. The Kier molecular flexibility index (Phi) is 11.1. The van der Waals surface area contributed by atoms with Crippen LogP contribution in [0.4, 0.5) is 10.1 Å². The molecule has 3 rings (SSSR count). The average molecular weight is 570 g/mol. The summed E-state index contributed by atoms with van der Waals surface area (Å²) >= 11 is 0.